The molecule has 0 fully saturated rings. The number of ether oxygens (including phenoxy) is 2. The highest BCUT2D eigenvalue weighted by Gasteiger charge is 2.42. The maximum Gasteiger partial charge on any atom is 0.214 e. The Hall–Kier alpha value is -3.27. The van der Waals surface area contributed by atoms with Crippen molar-refractivity contribution in [1.82, 2.24) is 5.01 Å². The standard InChI is InChI=1S/C26H26N2O2/c1-17(2)18-12-14-20(15-13-18)26-28-23(16-22(27-28)19-8-5-4-6-9-19)21-10-7-11-24(29-3)25(21)30-26/h4-15,17,23,26H,16H2,1-3H3/t23-,26-/m0/s1. The summed E-state index contributed by atoms with van der Waals surface area (Å²) in [6, 6.07) is 25.3. The Morgan fingerprint density at radius 2 is 1.73 bits per heavy atom. The van der Waals surface area contributed by atoms with Crippen molar-refractivity contribution >= 4 is 5.71 Å². The minimum absolute atomic E-state index is 0.119. The molecule has 30 heavy (non-hydrogen) atoms. The zero-order chi connectivity index (χ0) is 20.7. The molecule has 152 valence electrons. The monoisotopic (exact) mass is 398 g/mol. The zero-order valence-electron chi connectivity index (χ0n) is 17.6. The molecule has 0 spiro atoms. The fourth-order valence-electron chi connectivity index (χ4n) is 4.32. The van der Waals surface area contributed by atoms with Crippen LogP contribution in [0.3, 0.4) is 0 Å². The van der Waals surface area contributed by atoms with Gasteiger partial charge in [-0.2, -0.15) is 5.10 Å². The Bertz CT molecular complexity index is 1070. The molecule has 2 heterocycles. The minimum atomic E-state index is -0.291. The fraction of sp³-hybridized carbons (Fsp3) is 0.269. The van der Waals surface area contributed by atoms with Gasteiger partial charge in [-0.3, -0.25) is 0 Å². The third kappa shape index (κ3) is 3.13. The molecule has 4 nitrogen and oxygen atoms in total. The van der Waals surface area contributed by atoms with Crippen LogP contribution in [-0.2, 0) is 0 Å². The maximum absolute atomic E-state index is 6.53. The van der Waals surface area contributed by atoms with Crippen LogP contribution < -0.4 is 9.47 Å². The molecule has 2 aliphatic rings. The van der Waals surface area contributed by atoms with Gasteiger partial charge in [-0.25, -0.2) is 5.01 Å². The Morgan fingerprint density at radius 3 is 2.43 bits per heavy atom. The van der Waals surface area contributed by atoms with Gasteiger partial charge in [0.25, 0.3) is 0 Å². The molecule has 0 saturated carbocycles. The molecular weight excluding hydrogens is 372 g/mol. The van der Waals surface area contributed by atoms with Crippen LogP contribution in [0.25, 0.3) is 0 Å². The van der Waals surface area contributed by atoms with E-state index in [9.17, 15) is 0 Å². The average Bonchev–Trinajstić information content (AvgIpc) is 3.24. The first-order chi connectivity index (χ1) is 14.7. The Balaban J connectivity index is 1.59. The van der Waals surface area contributed by atoms with E-state index in [0.29, 0.717) is 5.92 Å². The number of benzene rings is 3. The van der Waals surface area contributed by atoms with E-state index in [0.717, 1.165) is 40.3 Å². The number of nitrogens with zero attached hydrogens (tertiary/aromatic N) is 2. The summed E-state index contributed by atoms with van der Waals surface area (Å²) in [7, 11) is 1.69. The second-order valence-corrected chi connectivity index (χ2v) is 8.18. The fourth-order valence-corrected chi connectivity index (χ4v) is 4.32. The van der Waals surface area contributed by atoms with Crippen LogP contribution in [0.5, 0.6) is 11.5 Å². The lowest BCUT2D eigenvalue weighted by molar-refractivity contribution is -0.0209. The van der Waals surface area contributed by atoms with Gasteiger partial charge < -0.3 is 9.47 Å². The number of hydrogen-bond acceptors (Lipinski definition) is 4. The van der Waals surface area contributed by atoms with Crippen molar-refractivity contribution in [3.05, 3.63) is 95.1 Å². The van der Waals surface area contributed by atoms with E-state index in [4.69, 9.17) is 14.6 Å². The quantitative estimate of drug-likeness (QED) is 0.536. The van der Waals surface area contributed by atoms with Gasteiger partial charge in [0.1, 0.15) is 0 Å². The summed E-state index contributed by atoms with van der Waals surface area (Å²) in [6.45, 7) is 4.42. The molecule has 0 unspecified atom stereocenters. The first-order valence-electron chi connectivity index (χ1n) is 10.5. The van der Waals surface area contributed by atoms with Gasteiger partial charge in [-0.15, -0.1) is 0 Å². The molecule has 3 aromatic rings. The summed E-state index contributed by atoms with van der Waals surface area (Å²) in [5.41, 5.74) is 5.78. The normalized spacial score (nSPS) is 19.7. The van der Waals surface area contributed by atoms with Gasteiger partial charge in [0.15, 0.2) is 11.5 Å². The summed E-state index contributed by atoms with van der Waals surface area (Å²) in [4.78, 5) is 0. The maximum atomic E-state index is 6.53. The minimum Gasteiger partial charge on any atom is -0.493 e. The van der Waals surface area contributed by atoms with Crippen molar-refractivity contribution in [1.29, 1.82) is 0 Å². The van der Waals surface area contributed by atoms with Gasteiger partial charge in [-0.05, 0) is 23.1 Å². The molecule has 0 saturated heterocycles. The molecule has 0 amide bonds. The van der Waals surface area contributed by atoms with E-state index in [-0.39, 0.29) is 12.3 Å². The average molecular weight is 399 g/mol. The second kappa shape index (κ2) is 7.52. The van der Waals surface area contributed by atoms with Crippen molar-refractivity contribution in [2.75, 3.05) is 7.11 Å². The summed E-state index contributed by atoms with van der Waals surface area (Å²) in [5.74, 6) is 2.09. The SMILES string of the molecule is COc1cccc2c1O[C@@H](c1ccc(C(C)C)cc1)N1N=C(c3ccccc3)C[C@@H]21. The second-order valence-electron chi connectivity index (χ2n) is 8.18. The number of methoxy groups -OCH3 is 1. The van der Waals surface area contributed by atoms with Crippen LogP contribution in [0.2, 0.25) is 0 Å². The highest BCUT2D eigenvalue weighted by Crippen LogP contribution is 2.50. The molecule has 2 atom stereocenters. The van der Waals surface area contributed by atoms with E-state index in [1.54, 1.807) is 7.11 Å². The van der Waals surface area contributed by atoms with Crippen LogP contribution in [0.4, 0.5) is 0 Å². The third-order valence-corrected chi connectivity index (χ3v) is 6.00. The predicted molar refractivity (Wildman–Crippen MR) is 119 cm³/mol. The van der Waals surface area contributed by atoms with E-state index >= 15 is 0 Å². The summed E-state index contributed by atoms with van der Waals surface area (Å²) in [6.07, 6.45) is 0.551. The van der Waals surface area contributed by atoms with Gasteiger partial charge in [0, 0.05) is 17.5 Å². The topological polar surface area (TPSA) is 34.1 Å². The number of para-hydroxylation sites is 1. The van der Waals surface area contributed by atoms with Gasteiger partial charge >= 0.3 is 0 Å². The van der Waals surface area contributed by atoms with Gasteiger partial charge in [0.05, 0.1) is 18.9 Å². The van der Waals surface area contributed by atoms with Crippen LogP contribution in [0.1, 0.15) is 60.7 Å². The van der Waals surface area contributed by atoms with E-state index in [2.05, 4.69) is 73.5 Å². The van der Waals surface area contributed by atoms with Crippen molar-refractivity contribution in [3.63, 3.8) is 0 Å². The van der Waals surface area contributed by atoms with Crippen LogP contribution in [-0.4, -0.2) is 17.8 Å². The summed E-state index contributed by atoms with van der Waals surface area (Å²) < 4.78 is 12.2. The smallest absolute Gasteiger partial charge is 0.214 e. The summed E-state index contributed by atoms with van der Waals surface area (Å²) >= 11 is 0. The lowest BCUT2D eigenvalue weighted by Crippen LogP contribution is -2.33. The Kier molecular flexibility index (Phi) is 4.70. The van der Waals surface area contributed by atoms with Crippen LogP contribution >= 0.6 is 0 Å². The molecule has 0 aromatic heterocycles. The highest BCUT2D eigenvalue weighted by atomic mass is 16.5. The Morgan fingerprint density at radius 1 is 0.967 bits per heavy atom. The molecule has 0 aliphatic carbocycles. The van der Waals surface area contributed by atoms with Crippen LogP contribution in [0, 0.1) is 0 Å². The molecule has 2 aliphatic heterocycles. The molecule has 0 radical (unpaired) electrons. The molecule has 0 N–H and O–H groups in total. The predicted octanol–water partition coefficient (Wildman–Crippen LogP) is 6.06. The third-order valence-electron chi connectivity index (χ3n) is 6.00. The number of fused-ring (bicyclic) bond motifs is 3. The zero-order valence-corrected chi connectivity index (χ0v) is 17.6. The first kappa shape index (κ1) is 18.7. The van der Waals surface area contributed by atoms with Gasteiger partial charge in [-0.1, -0.05) is 80.6 Å². The number of rotatable bonds is 4. The summed E-state index contributed by atoms with van der Waals surface area (Å²) in [5, 5.41) is 7.15. The van der Waals surface area contributed by atoms with Crippen molar-refractivity contribution in [3.8, 4) is 11.5 Å². The van der Waals surface area contributed by atoms with E-state index < -0.39 is 0 Å². The molecule has 0 bridgehead atoms. The van der Waals surface area contributed by atoms with Crippen molar-refractivity contribution in [2.45, 2.75) is 38.5 Å². The largest absolute Gasteiger partial charge is 0.493 e. The lowest BCUT2D eigenvalue weighted by atomic mass is 9.95. The van der Waals surface area contributed by atoms with E-state index in [1.165, 1.54) is 5.56 Å². The Labute approximate surface area is 177 Å². The van der Waals surface area contributed by atoms with Crippen molar-refractivity contribution in [2.24, 2.45) is 5.10 Å². The lowest BCUT2D eigenvalue weighted by Gasteiger charge is -2.38. The molecule has 3 aromatic carbocycles. The van der Waals surface area contributed by atoms with Gasteiger partial charge in [0.2, 0.25) is 6.23 Å². The molecular formula is C26H26N2O2. The van der Waals surface area contributed by atoms with Crippen LogP contribution in [0.15, 0.2) is 77.9 Å². The van der Waals surface area contributed by atoms with Crippen molar-refractivity contribution < 1.29 is 9.47 Å². The molecule has 5 rings (SSSR count). The first-order valence-corrected chi connectivity index (χ1v) is 10.5. The highest BCUT2D eigenvalue weighted by molar-refractivity contribution is 6.01. The van der Waals surface area contributed by atoms with E-state index in [1.807, 2.05) is 18.2 Å². The number of hydrazone groups is 1. The number of hydrogen-bond donors (Lipinski definition) is 0. The molecule has 4 heteroatoms.